The van der Waals surface area contributed by atoms with Crippen molar-refractivity contribution in [2.75, 3.05) is 14.2 Å². The second kappa shape index (κ2) is 7.98. The van der Waals surface area contributed by atoms with Gasteiger partial charge in [-0.15, -0.1) is 11.3 Å². The second-order valence-corrected chi connectivity index (χ2v) is 6.78. The molecule has 2 N–H and O–H groups in total. The molecule has 1 amide bonds. The first-order valence-electron chi connectivity index (χ1n) is 7.54. The number of ether oxygens (including phenoxy) is 2. The van der Waals surface area contributed by atoms with E-state index in [0.29, 0.717) is 22.8 Å². The highest BCUT2D eigenvalue weighted by Gasteiger charge is 2.24. The number of thiazole rings is 1. The van der Waals surface area contributed by atoms with Crippen LogP contribution in [0.4, 0.5) is 0 Å². The van der Waals surface area contributed by atoms with Crippen LogP contribution in [0.15, 0.2) is 18.2 Å². The Labute approximate surface area is 149 Å². The molecule has 2 aromatic rings. The maximum atomic E-state index is 12.5. The fraction of sp³-hybridized carbons (Fsp3) is 0.353. The van der Waals surface area contributed by atoms with Crippen molar-refractivity contribution in [3.63, 3.8) is 0 Å². The normalized spacial score (nSPS) is 11.7. The minimum absolute atomic E-state index is 0.281. The summed E-state index contributed by atoms with van der Waals surface area (Å²) < 4.78 is 10.5. The van der Waals surface area contributed by atoms with Gasteiger partial charge in [-0.2, -0.15) is 0 Å². The number of benzene rings is 1. The van der Waals surface area contributed by atoms with Gasteiger partial charge in [-0.1, -0.05) is 0 Å². The molecule has 0 spiro atoms. The van der Waals surface area contributed by atoms with Gasteiger partial charge < -0.3 is 19.9 Å². The fourth-order valence-electron chi connectivity index (χ4n) is 2.49. The maximum Gasteiger partial charge on any atom is 0.305 e. The van der Waals surface area contributed by atoms with Crippen molar-refractivity contribution in [2.24, 2.45) is 0 Å². The van der Waals surface area contributed by atoms with E-state index in [-0.39, 0.29) is 6.42 Å². The SMILES string of the molecule is COc1ccc(C(CC(=O)O)NC(=O)c2nc(C)sc2C)c(OC)c1. The quantitative estimate of drug-likeness (QED) is 0.784. The third kappa shape index (κ3) is 4.48. The molecule has 8 heteroatoms. The highest BCUT2D eigenvalue weighted by molar-refractivity contribution is 7.11. The number of rotatable bonds is 7. The Morgan fingerprint density at radius 1 is 1.28 bits per heavy atom. The van der Waals surface area contributed by atoms with Crippen LogP contribution in [0.5, 0.6) is 11.5 Å². The van der Waals surface area contributed by atoms with Gasteiger partial charge in [0.2, 0.25) is 0 Å². The van der Waals surface area contributed by atoms with Gasteiger partial charge in [0, 0.05) is 16.5 Å². The van der Waals surface area contributed by atoms with E-state index in [9.17, 15) is 14.7 Å². The summed E-state index contributed by atoms with van der Waals surface area (Å²) in [4.78, 5) is 28.8. The van der Waals surface area contributed by atoms with Crippen molar-refractivity contribution in [1.82, 2.24) is 10.3 Å². The molecule has 0 saturated heterocycles. The van der Waals surface area contributed by atoms with Crippen LogP contribution in [0.2, 0.25) is 0 Å². The number of carboxylic acid groups (broad SMARTS) is 1. The van der Waals surface area contributed by atoms with Crippen LogP contribution in [-0.4, -0.2) is 36.2 Å². The van der Waals surface area contributed by atoms with Crippen LogP contribution in [0.1, 0.15) is 38.4 Å². The van der Waals surface area contributed by atoms with Crippen molar-refractivity contribution in [3.05, 3.63) is 39.3 Å². The van der Waals surface area contributed by atoms with Crippen LogP contribution in [-0.2, 0) is 4.79 Å². The molecular weight excluding hydrogens is 344 g/mol. The number of aliphatic carboxylic acids is 1. The highest BCUT2D eigenvalue weighted by atomic mass is 32.1. The molecule has 1 aromatic carbocycles. The molecule has 1 aromatic heterocycles. The van der Waals surface area contributed by atoms with E-state index in [1.807, 2.05) is 6.92 Å². The summed E-state index contributed by atoms with van der Waals surface area (Å²) in [6, 6.07) is 4.27. The highest BCUT2D eigenvalue weighted by Crippen LogP contribution is 2.31. The average Bonchev–Trinajstić information content (AvgIpc) is 2.91. The third-order valence-electron chi connectivity index (χ3n) is 3.62. The molecule has 1 unspecified atom stereocenters. The van der Waals surface area contributed by atoms with Crippen LogP contribution >= 0.6 is 11.3 Å². The lowest BCUT2D eigenvalue weighted by Gasteiger charge is -2.20. The first kappa shape index (κ1) is 18.7. The molecule has 7 nitrogen and oxygen atoms in total. The number of aryl methyl sites for hydroxylation is 2. The van der Waals surface area contributed by atoms with Crippen LogP contribution < -0.4 is 14.8 Å². The number of methoxy groups -OCH3 is 2. The molecule has 0 radical (unpaired) electrons. The molecular formula is C17H20N2O5S. The van der Waals surface area contributed by atoms with Gasteiger partial charge in [0.15, 0.2) is 0 Å². The van der Waals surface area contributed by atoms with E-state index in [0.717, 1.165) is 9.88 Å². The van der Waals surface area contributed by atoms with Crippen molar-refractivity contribution < 1.29 is 24.2 Å². The van der Waals surface area contributed by atoms with E-state index < -0.39 is 17.9 Å². The number of carbonyl (C=O) groups is 2. The zero-order chi connectivity index (χ0) is 18.6. The number of amides is 1. The molecule has 2 rings (SSSR count). The number of nitrogens with zero attached hydrogens (tertiary/aromatic N) is 1. The molecule has 0 aliphatic rings. The predicted octanol–water partition coefficient (Wildman–Crippen LogP) is 2.72. The summed E-state index contributed by atoms with van der Waals surface area (Å²) in [6.07, 6.45) is -0.281. The maximum absolute atomic E-state index is 12.5. The molecule has 0 bridgehead atoms. The lowest BCUT2D eigenvalue weighted by Crippen LogP contribution is -2.31. The van der Waals surface area contributed by atoms with Crippen molar-refractivity contribution in [3.8, 4) is 11.5 Å². The summed E-state index contributed by atoms with van der Waals surface area (Å²) in [5.41, 5.74) is 0.869. The molecule has 0 aliphatic carbocycles. The van der Waals surface area contributed by atoms with E-state index in [2.05, 4.69) is 10.3 Å². The number of carbonyl (C=O) groups excluding carboxylic acids is 1. The predicted molar refractivity (Wildman–Crippen MR) is 93.6 cm³/mol. The third-order valence-corrected chi connectivity index (χ3v) is 4.50. The zero-order valence-corrected chi connectivity index (χ0v) is 15.3. The Balaban J connectivity index is 2.35. The Morgan fingerprint density at radius 2 is 2.00 bits per heavy atom. The van der Waals surface area contributed by atoms with Gasteiger partial charge in [0.05, 0.1) is 31.7 Å². The van der Waals surface area contributed by atoms with Gasteiger partial charge in [0.25, 0.3) is 5.91 Å². The Bertz CT molecular complexity index is 787. The molecule has 0 saturated carbocycles. The standard InChI is InChI=1S/C17H20N2O5S/c1-9-16(18-10(2)25-9)17(22)19-13(8-15(20)21)12-6-5-11(23-3)7-14(12)24-4/h5-7,13H,8H2,1-4H3,(H,19,22)(H,20,21). The van der Waals surface area contributed by atoms with E-state index in [1.165, 1.54) is 25.6 Å². The molecule has 25 heavy (non-hydrogen) atoms. The minimum atomic E-state index is -1.03. The second-order valence-electron chi connectivity index (χ2n) is 5.37. The number of nitrogens with one attached hydrogen (secondary N) is 1. The monoisotopic (exact) mass is 364 g/mol. The van der Waals surface area contributed by atoms with E-state index in [1.54, 1.807) is 25.1 Å². The number of aromatic nitrogens is 1. The van der Waals surface area contributed by atoms with Crippen LogP contribution in [0.25, 0.3) is 0 Å². The first-order chi connectivity index (χ1) is 11.8. The Morgan fingerprint density at radius 3 is 2.52 bits per heavy atom. The van der Waals surface area contributed by atoms with E-state index in [4.69, 9.17) is 9.47 Å². The lowest BCUT2D eigenvalue weighted by atomic mass is 10.0. The molecule has 0 aliphatic heterocycles. The summed E-state index contributed by atoms with van der Waals surface area (Å²) in [5, 5.41) is 12.7. The smallest absolute Gasteiger partial charge is 0.305 e. The van der Waals surface area contributed by atoms with Gasteiger partial charge in [0.1, 0.15) is 17.2 Å². The first-order valence-corrected chi connectivity index (χ1v) is 8.36. The number of hydrogen-bond acceptors (Lipinski definition) is 6. The van der Waals surface area contributed by atoms with Crippen molar-refractivity contribution in [2.45, 2.75) is 26.3 Å². The molecule has 0 fully saturated rings. The van der Waals surface area contributed by atoms with Crippen LogP contribution in [0.3, 0.4) is 0 Å². The largest absolute Gasteiger partial charge is 0.497 e. The Kier molecular flexibility index (Phi) is 5.97. The van der Waals surface area contributed by atoms with Crippen molar-refractivity contribution in [1.29, 1.82) is 0 Å². The lowest BCUT2D eigenvalue weighted by molar-refractivity contribution is -0.137. The number of carboxylic acids is 1. The summed E-state index contributed by atoms with van der Waals surface area (Å²) in [6.45, 7) is 3.62. The van der Waals surface area contributed by atoms with Gasteiger partial charge in [-0.05, 0) is 26.0 Å². The minimum Gasteiger partial charge on any atom is -0.497 e. The molecule has 1 atom stereocenters. The summed E-state index contributed by atoms with van der Waals surface area (Å²) in [7, 11) is 3.00. The topological polar surface area (TPSA) is 97.8 Å². The van der Waals surface area contributed by atoms with Crippen LogP contribution in [0, 0.1) is 13.8 Å². The number of hydrogen-bond donors (Lipinski definition) is 2. The fourth-order valence-corrected chi connectivity index (χ4v) is 3.30. The summed E-state index contributed by atoms with van der Waals surface area (Å²) in [5.74, 6) is -0.427. The van der Waals surface area contributed by atoms with Gasteiger partial charge >= 0.3 is 5.97 Å². The molecule has 1 heterocycles. The Hall–Kier alpha value is -2.61. The molecule has 134 valence electrons. The van der Waals surface area contributed by atoms with Gasteiger partial charge in [-0.3, -0.25) is 9.59 Å². The summed E-state index contributed by atoms with van der Waals surface area (Å²) >= 11 is 1.42. The van der Waals surface area contributed by atoms with Gasteiger partial charge in [-0.25, -0.2) is 4.98 Å². The van der Waals surface area contributed by atoms with Crippen molar-refractivity contribution >= 4 is 23.2 Å². The average molecular weight is 364 g/mol. The van der Waals surface area contributed by atoms with E-state index >= 15 is 0 Å². The zero-order valence-electron chi connectivity index (χ0n) is 14.5.